The lowest BCUT2D eigenvalue weighted by atomic mass is 10.1. The van der Waals surface area contributed by atoms with Gasteiger partial charge < -0.3 is 14.9 Å². The van der Waals surface area contributed by atoms with Crippen LogP contribution in [0, 0.1) is 0 Å². The minimum absolute atomic E-state index is 0.175. The second-order valence-electron chi connectivity index (χ2n) is 4.33. The zero-order valence-corrected chi connectivity index (χ0v) is 10.7. The summed E-state index contributed by atoms with van der Waals surface area (Å²) in [5, 5.41) is 0. The Morgan fingerprint density at radius 2 is 2.22 bits per heavy atom. The molecule has 18 heavy (non-hydrogen) atoms. The average molecular weight is 252 g/mol. The van der Waals surface area contributed by atoms with Crippen LogP contribution >= 0.6 is 0 Å². The van der Waals surface area contributed by atoms with E-state index < -0.39 is 0 Å². The van der Waals surface area contributed by atoms with Crippen LogP contribution in [0.3, 0.4) is 0 Å². The second kappa shape index (κ2) is 6.51. The molecule has 0 aliphatic carbocycles. The van der Waals surface area contributed by atoms with Gasteiger partial charge in [0.1, 0.15) is 17.7 Å². The molecule has 1 saturated heterocycles. The number of hydrazine groups is 1. The molecule has 1 aliphatic heterocycles. The third kappa shape index (κ3) is 3.54. The normalized spacial score (nSPS) is 16.6. The van der Waals surface area contributed by atoms with E-state index in [1.807, 2.05) is 0 Å². The Hall–Kier alpha value is -1.40. The molecule has 0 aromatic carbocycles. The lowest BCUT2D eigenvalue weighted by Gasteiger charge is -2.23. The Morgan fingerprint density at radius 3 is 2.89 bits per heavy atom. The van der Waals surface area contributed by atoms with Gasteiger partial charge in [-0.15, -0.1) is 0 Å². The highest BCUT2D eigenvalue weighted by Crippen LogP contribution is 2.19. The largest absolute Gasteiger partial charge is 0.474 e. The average Bonchev–Trinajstić information content (AvgIpc) is 2.40. The van der Waals surface area contributed by atoms with E-state index in [9.17, 15) is 0 Å². The monoisotopic (exact) mass is 252 g/mol. The molecule has 2 heterocycles. The molecule has 6 nitrogen and oxygen atoms in total. The third-order valence-electron chi connectivity index (χ3n) is 2.83. The van der Waals surface area contributed by atoms with Crippen molar-refractivity contribution in [2.45, 2.75) is 38.7 Å². The van der Waals surface area contributed by atoms with E-state index in [0.717, 1.165) is 44.7 Å². The number of rotatable bonds is 5. The van der Waals surface area contributed by atoms with Gasteiger partial charge in [-0.05, 0) is 6.42 Å². The number of ether oxygens (including phenoxy) is 2. The molecule has 0 bridgehead atoms. The Kier molecular flexibility index (Phi) is 4.72. The van der Waals surface area contributed by atoms with Crippen molar-refractivity contribution >= 4 is 5.82 Å². The van der Waals surface area contributed by atoms with Crippen LogP contribution in [0.4, 0.5) is 5.82 Å². The SMILES string of the molecule is CCCc1nc(NN)cc(OC2CCOCC2)n1. The summed E-state index contributed by atoms with van der Waals surface area (Å²) in [6.45, 7) is 3.59. The summed E-state index contributed by atoms with van der Waals surface area (Å²) in [6.07, 6.45) is 3.79. The van der Waals surface area contributed by atoms with Crippen molar-refractivity contribution in [3.05, 3.63) is 11.9 Å². The molecule has 1 fully saturated rings. The molecule has 0 unspecified atom stereocenters. The van der Waals surface area contributed by atoms with Crippen molar-refractivity contribution in [3.63, 3.8) is 0 Å². The number of aryl methyl sites for hydroxylation is 1. The zero-order chi connectivity index (χ0) is 12.8. The summed E-state index contributed by atoms with van der Waals surface area (Å²) in [6, 6.07) is 1.73. The van der Waals surface area contributed by atoms with E-state index in [1.54, 1.807) is 6.07 Å². The first-order chi connectivity index (χ1) is 8.81. The van der Waals surface area contributed by atoms with Gasteiger partial charge in [0.05, 0.1) is 13.2 Å². The fourth-order valence-corrected chi connectivity index (χ4v) is 1.91. The van der Waals surface area contributed by atoms with E-state index in [-0.39, 0.29) is 6.10 Å². The summed E-state index contributed by atoms with van der Waals surface area (Å²) >= 11 is 0. The van der Waals surface area contributed by atoms with Crippen molar-refractivity contribution < 1.29 is 9.47 Å². The summed E-state index contributed by atoms with van der Waals surface area (Å²) < 4.78 is 11.2. The predicted molar refractivity (Wildman–Crippen MR) is 68.3 cm³/mol. The highest BCUT2D eigenvalue weighted by molar-refractivity contribution is 5.37. The summed E-state index contributed by atoms with van der Waals surface area (Å²) in [5.74, 6) is 7.34. The summed E-state index contributed by atoms with van der Waals surface area (Å²) in [7, 11) is 0. The molecular formula is C12H20N4O2. The van der Waals surface area contributed by atoms with Crippen LogP contribution in [0.2, 0.25) is 0 Å². The van der Waals surface area contributed by atoms with E-state index in [2.05, 4.69) is 22.3 Å². The molecule has 6 heteroatoms. The van der Waals surface area contributed by atoms with E-state index in [1.165, 1.54) is 0 Å². The Balaban J connectivity index is 2.07. The van der Waals surface area contributed by atoms with Gasteiger partial charge in [-0.2, -0.15) is 4.98 Å². The molecule has 0 spiro atoms. The van der Waals surface area contributed by atoms with Crippen LogP contribution in [-0.2, 0) is 11.2 Å². The number of nitrogens with one attached hydrogen (secondary N) is 1. The number of anilines is 1. The Morgan fingerprint density at radius 1 is 1.44 bits per heavy atom. The fraction of sp³-hybridized carbons (Fsp3) is 0.667. The molecule has 1 aromatic rings. The predicted octanol–water partition coefficient (Wildman–Crippen LogP) is 1.27. The summed E-state index contributed by atoms with van der Waals surface area (Å²) in [4.78, 5) is 8.68. The standard InChI is InChI=1S/C12H20N4O2/c1-2-3-10-14-11(16-13)8-12(15-10)18-9-4-6-17-7-5-9/h8-9H,2-7,13H2,1H3,(H,14,15,16). The molecule has 0 amide bonds. The Bertz CT molecular complexity index is 380. The molecule has 3 N–H and O–H groups in total. The van der Waals surface area contributed by atoms with E-state index in [4.69, 9.17) is 15.3 Å². The van der Waals surface area contributed by atoms with Gasteiger partial charge in [-0.25, -0.2) is 10.8 Å². The fourth-order valence-electron chi connectivity index (χ4n) is 1.91. The van der Waals surface area contributed by atoms with Crippen LogP contribution in [0.5, 0.6) is 5.88 Å². The van der Waals surface area contributed by atoms with E-state index in [0.29, 0.717) is 11.7 Å². The minimum Gasteiger partial charge on any atom is -0.474 e. The van der Waals surface area contributed by atoms with Crippen molar-refractivity contribution in [1.29, 1.82) is 0 Å². The second-order valence-corrected chi connectivity index (χ2v) is 4.33. The first kappa shape index (κ1) is 13.0. The van der Waals surface area contributed by atoms with Crippen LogP contribution < -0.4 is 16.0 Å². The molecule has 2 rings (SSSR count). The maximum absolute atomic E-state index is 5.86. The number of nitrogens with zero attached hydrogens (tertiary/aromatic N) is 2. The summed E-state index contributed by atoms with van der Waals surface area (Å²) in [5.41, 5.74) is 2.55. The molecule has 0 saturated carbocycles. The lowest BCUT2D eigenvalue weighted by Crippen LogP contribution is -2.26. The zero-order valence-electron chi connectivity index (χ0n) is 10.7. The van der Waals surface area contributed by atoms with Crippen LogP contribution in [-0.4, -0.2) is 29.3 Å². The quantitative estimate of drug-likeness (QED) is 0.606. The van der Waals surface area contributed by atoms with Crippen molar-refractivity contribution in [2.75, 3.05) is 18.6 Å². The molecule has 1 aromatic heterocycles. The molecule has 0 atom stereocenters. The molecule has 100 valence electrons. The van der Waals surface area contributed by atoms with Crippen LogP contribution in [0.25, 0.3) is 0 Å². The third-order valence-corrected chi connectivity index (χ3v) is 2.83. The highest BCUT2D eigenvalue weighted by atomic mass is 16.5. The van der Waals surface area contributed by atoms with Gasteiger partial charge >= 0.3 is 0 Å². The van der Waals surface area contributed by atoms with Crippen molar-refractivity contribution in [2.24, 2.45) is 5.84 Å². The Labute approximate surface area is 107 Å². The maximum Gasteiger partial charge on any atom is 0.219 e. The van der Waals surface area contributed by atoms with Crippen molar-refractivity contribution in [3.8, 4) is 5.88 Å². The van der Waals surface area contributed by atoms with Gasteiger partial charge in [0.25, 0.3) is 0 Å². The highest BCUT2D eigenvalue weighted by Gasteiger charge is 2.16. The van der Waals surface area contributed by atoms with Crippen molar-refractivity contribution in [1.82, 2.24) is 9.97 Å². The first-order valence-corrected chi connectivity index (χ1v) is 6.40. The van der Waals surface area contributed by atoms with E-state index >= 15 is 0 Å². The molecule has 1 aliphatic rings. The number of aromatic nitrogens is 2. The number of hydrogen-bond acceptors (Lipinski definition) is 6. The van der Waals surface area contributed by atoms with Gasteiger partial charge in [-0.1, -0.05) is 6.92 Å². The molecule has 0 radical (unpaired) electrons. The lowest BCUT2D eigenvalue weighted by molar-refractivity contribution is 0.0236. The number of nitrogen functional groups attached to an aromatic ring is 1. The topological polar surface area (TPSA) is 82.3 Å². The van der Waals surface area contributed by atoms with Gasteiger partial charge in [0.2, 0.25) is 5.88 Å². The van der Waals surface area contributed by atoms with Gasteiger partial charge in [0.15, 0.2) is 0 Å². The molecular weight excluding hydrogens is 232 g/mol. The number of nitrogens with two attached hydrogens (primary N) is 1. The van der Waals surface area contributed by atoms with Crippen LogP contribution in [0.1, 0.15) is 32.0 Å². The van der Waals surface area contributed by atoms with Gasteiger partial charge in [-0.3, -0.25) is 0 Å². The van der Waals surface area contributed by atoms with Gasteiger partial charge in [0, 0.05) is 25.3 Å². The maximum atomic E-state index is 5.86. The van der Waals surface area contributed by atoms with Crippen LogP contribution in [0.15, 0.2) is 6.07 Å². The number of hydrogen-bond donors (Lipinski definition) is 2. The smallest absolute Gasteiger partial charge is 0.219 e. The first-order valence-electron chi connectivity index (χ1n) is 6.40. The minimum atomic E-state index is 0.175.